The second-order valence-corrected chi connectivity index (χ2v) is 6.76. The number of ether oxygens (including phenoxy) is 1. The SMILES string of the molecule is CC(=O)O[C@@H]1C[C@H](C)CC[C@H]1C(C)(C)c1ccccc1. The molecular formula is C18H26O2. The molecule has 0 aliphatic heterocycles. The molecule has 2 heteroatoms. The van der Waals surface area contributed by atoms with E-state index in [9.17, 15) is 4.79 Å². The lowest BCUT2D eigenvalue weighted by Crippen LogP contribution is -2.43. The molecule has 2 rings (SSSR count). The summed E-state index contributed by atoms with van der Waals surface area (Å²) in [6.07, 6.45) is 3.38. The smallest absolute Gasteiger partial charge is 0.302 e. The minimum atomic E-state index is -0.155. The zero-order valence-corrected chi connectivity index (χ0v) is 13.1. The quantitative estimate of drug-likeness (QED) is 0.767. The predicted molar refractivity (Wildman–Crippen MR) is 81.5 cm³/mol. The summed E-state index contributed by atoms with van der Waals surface area (Å²) in [6, 6.07) is 10.6. The fourth-order valence-electron chi connectivity index (χ4n) is 3.58. The minimum Gasteiger partial charge on any atom is -0.462 e. The van der Waals surface area contributed by atoms with E-state index in [1.165, 1.54) is 18.9 Å². The van der Waals surface area contributed by atoms with Gasteiger partial charge in [0.25, 0.3) is 0 Å². The zero-order chi connectivity index (χ0) is 14.8. The van der Waals surface area contributed by atoms with Gasteiger partial charge in [-0.2, -0.15) is 0 Å². The standard InChI is InChI=1S/C18H26O2/c1-13-10-11-16(17(12-13)20-14(2)19)18(3,4)15-8-6-5-7-9-15/h5-9,13,16-17H,10-12H2,1-4H3/t13-,16-,17-/m1/s1. The Kier molecular flexibility index (Phi) is 4.52. The van der Waals surface area contributed by atoms with Crippen molar-refractivity contribution >= 4 is 5.97 Å². The van der Waals surface area contributed by atoms with Crippen LogP contribution in [-0.2, 0) is 14.9 Å². The van der Waals surface area contributed by atoms with Gasteiger partial charge in [-0.25, -0.2) is 0 Å². The molecule has 0 amide bonds. The summed E-state index contributed by atoms with van der Waals surface area (Å²) in [5.74, 6) is 0.880. The van der Waals surface area contributed by atoms with Gasteiger partial charge in [0.2, 0.25) is 0 Å². The molecule has 1 aliphatic carbocycles. The second kappa shape index (κ2) is 5.99. The number of hydrogen-bond acceptors (Lipinski definition) is 2. The molecule has 1 aromatic carbocycles. The van der Waals surface area contributed by atoms with Crippen LogP contribution in [0.4, 0.5) is 0 Å². The van der Waals surface area contributed by atoms with Gasteiger partial charge in [-0.1, -0.05) is 57.5 Å². The van der Waals surface area contributed by atoms with Crippen LogP contribution >= 0.6 is 0 Å². The average molecular weight is 274 g/mol. The van der Waals surface area contributed by atoms with Crippen molar-refractivity contribution in [3.63, 3.8) is 0 Å². The van der Waals surface area contributed by atoms with E-state index in [1.54, 1.807) is 0 Å². The number of benzene rings is 1. The molecule has 0 bridgehead atoms. The van der Waals surface area contributed by atoms with E-state index < -0.39 is 0 Å². The van der Waals surface area contributed by atoms with E-state index in [4.69, 9.17) is 4.74 Å². The number of carbonyl (C=O) groups excluding carboxylic acids is 1. The van der Waals surface area contributed by atoms with E-state index >= 15 is 0 Å². The molecule has 110 valence electrons. The van der Waals surface area contributed by atoms with E-state index in [1.807, 2.05) is 6.07 Å². The Morgan fingerprint density at radius 2 is 1.85 bits per heavy atom. The Morgan fingerprint density at radius 1 is 1.20 bits per heavy atom. The van der Waals surface area contributed by atoms with Gasteiger partial charge < -0.3 is 4.74 Å². The summed E-state index contributed by atoms with van der Waals surface area (Å²) in [6.45, 7) is 8.33. The lowest BCUT2D eigenvalue weighted by molar-refractivity contribution is -0.153. The lowest BCUT2D eigenvalue weighted by Gasteiger charge is -2.43. The van der Waals surface area contributed by atoms with Crippen molar-refractivity contribution in [2.75, 3.05) is 0 Å². The third-order valence-electron chi connectivity index (χ3n) is 4.82. The van der Waals surface area contributed by atoms with E-state index in [-0.39, 0.29) is 17.5 Å². The molecule has 0 saturated heterocycles. The average Bonchev–Trinajstić information content (AvgIpc) is 2.39. The van der Waals surface area contributed by atoms with Gasteiger partial charge in [0, 0.05) is 12.8 Å². The summed E-state index contributed by atoms with van der Waals surface area (Å²) in [4.78, 5) is 11.4. The maximum Gasteiger partial charge on any atom is 0.302 e. The molecule has 1 aliphatic rings. The topological polar surface area (TPSA) is 26.3 Å². The minimum absolute atomic E-state index is 0.0293. The van der Waals surface area contributed by atoms with E-state index in [0.29, 0.717) is 11.8 Å². The highest BCUT2D eigenvalue weighted by molar-refractivity contribution is 5.66. The molecule has 1 fully saturated rings. The van der Waals surface area contributed by atoms with E-state index in [2.05, 4.69) is 45.0 Å². The van der Waals surface area contributed by atoms with Gasteiger partial charge in [-0.3, -0.25) is 4.79 Å². The summed E-state index contributed by atoms with van der Waals surface area (Å²) in [5, 5.41) is 0. The second-order valence-electron chi connectivity index (χ2n) is 6.76. The maximum absolute atomic E-state index is 11.4. The van der Waals surface area contributed by atoms with Crippen molar-refractivity contribution in [2.45, 2.75) is 58.5 Å². The Bertz CT molecular complexity index is 450. The largest absolute Gasteiger partial charge is 0.462 e. The molecule has 0 aromatic heterocycles. The van der Waals surface area contributed by atoms with Crippen LogP contribution in [0.2, 0.25) is 0 Å². The molecule has 0 spiro atoms. The van der Waals surface area contributed by atoms with E-state index in [0.717, 1.165) is 12.8 Å². The van der Waals surface area contributed by atoms with Crippen molar-refractivity contribution in [3.8, 4) is 0 Å². The number of rotatable bonds is 3. The molecule has 0 heterocycles. The molecule has 1 aromatic rings. The van der Waals surface area contributed by atoms with Crippen molar-refractivity contribution in [3.05, 3.63) is 35.9 Å². The zero-order valence-electron chi connectivity index (χ0n) is 13.1. The third kappa shape index (κ3) is 3.23. The monoisotopic (exact) mass is 274 g/mol. The lowest BCUT2D eigenvalue weighted by atomic mass is 9.64. The van der Waals surface area contributed by atoms with Crippen LogP contribution in [0.25, 0.3) is 0 Å². The molecule has 20 heavy (non-hydrogen) atoms. The first-order valence-electron chi connectivity index (χ1n) is 7.64. The van der Waals surface area contributed by atoms with Crippen LogP contribution in [0.1, 0.15) is 52.5 Å². The number of hydrogen-bond donors (Lipinski definition) is 0. The van der Waals surface area contributed by atoms with Crippen LogP contribution in [0.15, 0.2) is 30.3 Å². The van der Waals surface area contributed by atoms with Crippen molar-refractivity contribution in [2.24, 2.45) is 11.8 Å². The molecule has 0 N–H and O–H groups in total. The van der Waals surface area contributed by atoms with Crippen LogP contribution in [0, 0.1) is 11.8 Å². The van der Waals surface area contributed by atoms with Gasteiger partial charge in [0.1, 0.15) is 6.10 Å². The highest BCUT2D eigenvalue weighted by Crippen LogP contribution is 2.43. The molecule has 0 unspecified atom stereocenters. The van der Waals surface area contributed by atoms with Crippen LogP contribution in [0.5, 0.6) is 0 Å². The summed E-state index contributed by atoms with van der Waals surface area (Å²) in [5.41, 5.74) is 1.36. The Balaban J connectivity index is 2.25. The highest BCUT2D eigenvalue weighted by Gasteiger charge is 2.41. The van der Waals surface area contributed by atoms with Gasteiger partial charge >= 0.3 is 5.97 Å². The number of carbonyl (C=O) groups is 1. The molecule has 1 saturated carbocycles. The Morgan fingerprint density at radius 3 is 2.45 bits per heavy atom. The number of esters is 1. The normalized spacial score (nSPS) is 27.1. The fourth-order valence-corrected chi connectivity index (χ4v) is 3.58. The first kappa shape index (κ1) is 15.1. The van der Waals surface area contributed by atoms with Gasteiger partial charge in [0.15, 0.2) is 0 Å². The van der Waals surface area contributed by atoms with Gasteiger partial charge in [-0.05, 0) is 29.7 Å². The Labute approximate surface area is 122 Å². The van der Waals surface area contributed by atoms with Crippen molar-refractivity contribution in [1.29, 1.82) is 0 Å². The third-order valence-corrected chi connectivity index (χ3v) is 4.82. The van der Waals surface area contributed by atoms with Gasteiger partial charge in [0.05, 0.1) is 0 Å². The first-order chi connectivity index (χ1) is 9.41. The summed E-state index contributed by atoms with van der Waals surface area (Å²) in [7, 11) is 0. The van der Waals surface area contributed by atoms with Crippen LogP contribution in [0.3, 0.4) is 0 Å². The molecule has 0 radical (unpaired) electrons. The van der Waals surface area contributed by atoms with Crippen LogP contribution < -0.4 is 0 Å². The molecule has 3 atom stereocenters. The summed E-state index contributed by atoms with van der Waals surface area (Å²) >= 11 is 0. The van der Waals surface area contributed by atoms with Crippen molar-refractivity contribution < 1.29 is 9.53 Å². The first-order valence-corrected chi connectivity index (χ1v) is 7.64. The molecule has 2 nitrogen and oxygen atoms in total. The highest BCUT2D eigenvalue weighted by atomic mass is 16.5. The predicted octanol–water partition coefficient (Wildman–Crippen LogP) is 4.33. The Hall–Kier alpha value is -1.31. The van der Waals surface area contributed by atoms with Crippen molar-refractivity contribution in [1.82, 2.24) is 0 Å². The summed E-state index contributed by atoms with van der Waals surface area (Å²) < 4.78 is 5.64. The van der Waals surface area contributed by atoms with Crippen LogP contribution in [-0.4, -0.2) is 12.1 Å². The molecular weight excluding hydrogens is 248 g/mol. The van der Waals surface area contributed by atoms with Gasteiger partial charge in [-0.15, -0.1) is 0 Å². The fraction of sp³-hybridized carbons (Fsp3) is 0.611. The maximum atomic E-state index is 11.4.